The lowest BCUT2D eigenvalue weighted by molar-refractivity contribution is -0.274. The predicted octanol–water partition coefficient (Wildman–Crippen LogP) is 6.06. The first-order valence-electron chi connectivity index (χ1n) is 15.1. The van der Waals surface area contributed by atoms with E-state index >= 15 is 0 Å². The molecule has 1 fully saturated rings. The molecule has 1 atom stereocenters. The summed E-state index contributed by atoms with van der Waals surface area (Å²) in [6.07, 6.45) is 9.89. The van der Waals surface area contributed by atoms with Gasteiger partial charge in [-0.2, -0.15) is 0 Å². The van der Waals surface area contributed by atoms with Gasteiger partial charge in [-0.3, -0.25) is 14.6 Å². The average Bonchev–Trinajstić information content (AvgIpc) is 3.15. The van der Waals surface area contributed by atoms with E-state index in [9.17, 15) is 27.6 Å². The van der Waals surface area contributed by atoms with Gasteiger partial charge in [0, 0.05) is 43.7 Å². The summed E-state index contributed by atoms with van der Waals surface area (Å²) >= 11 is 0. The number of rotatable bonds is 10. The molecule has 1 saturated carbocycles. The minimum absolute atomic E-state index is 0.181. The molecule has 0 aromatic heterocycles. The largest absolute Gasteiger partial charge is 0.573 e. The van der Waals surface area contributed by atoms with Crippen molar-refractivity contribution in [2.24, 2.45) is 10.9 Å². The molecule has 2 aliphatic carbocycles. The summed E-state index contributed by atoms with van der Waals surface area (Å²) in [5, 5.41) is 9.71. The van der Waals surface area contributed by atoms with Crippen LogP contribution in [0.5, 0.6) is 5.75 Å². The fourth-order valence-corrected chi connectivity index (χ4v) is 5.57. The van der Waals surface area contributed by atoms with Gasteiger partial charge in [0.15, 0.2) is 0 Å². The number of ether oxygens (including phenoxy) is 1. The third-order valence-electron chi connectivity index (χ3n) is 7.71. The van der Waals surface area contributed by atoms with Crippen molar-refractivity contribution in [1.82, 2.24) is 10.2 Å². The minimum atomic E-state index is -4.80. The molecule has 1 aromatic rings. The zero-order valence-electron chi connectivity index (χ0n) is 26.0. The van der Waals surface area contributed by atoms with Crippen LogP contribution in [0.3, 0.4) is 0 Å². The normalized spacial score (nSPS) is 20.1. The Bertz CT molecular complexity index is 1230. The number of aliphatic hydroxyl groups excluding tert-OH is 1. The first kappa shape index (κ1) is 36.5. The molecular formula is C33H44F3N3O5. The lowest BCUT2D eigenvalue weighted by atomic mass is 9.80. The van der Waals surface area contributed by atoms with Crippen LogP contribution in [-0.2, 0) is 14.4 Å². The van der Waals surface area contributed by atoms with E-state index < -0.39 is 12.0 Å². The monoisotopic (exact) mass is 619 g/mol. The van der Waals surface area contributed by atoms with Gasteiger partial charge in [0.25, 0.3) is 11.8 Å². The van der Waals surface area contributed by atoms with Crippen molar-refractivity contribution in [2.75, 3.05) is 20.2 Å². The molecule has 3 aliphatic rings. The molecule has 11 heteroatoms. The van der Waals surface area contributed by atoms with E-state index in [1.54, 1.807) is 12.2 Å². The SMILES string of the molecule is CC.CC1(C2CCCCC2)N=C(c2ccc(OC(F)(F)F)cc2)C(=O)N1CCC1=CC=C(C(=O)NCCC=O)C=CC1.CO. The van der Waals surface area contributed by atoms with Crippen LogP contribution >= 0.6 is 0 Å². The lowest BCUT2D eigenvalue weighted by Gasteiger charge is -2.41. The zero-order chi connectivity index (χ0) is 32.8. The van der Waals surface area contributed by atoms with Gasteiger partial charge in [-0.1, -0.05) is 56.9 Å². The Kier molecular flexibility index (Phi) is 14.5. The maximum absolute atomic E-state index is 13.7. The van der Waals surface area contributed by atoms with Crippen molar-refractivity contribution in [1.29, 1.82) is 0 Å². The van der Waals surface area contributed by atoms with E-state index in [2.05, 4.69) is 10.1 Å². The average molecular weight is 620 g/mol. The van der Waals surface area contributed by atoms with E-state index in [-0.39, 0.29) is 42.2 Å². The maximum Gasteiger partial charge on any atom is 0.573 e. The van der Waals surface area contributed by atoms with Crippen molar-refractivity contribution in [3.63, 3.8) is 0 Å². The summed E-state index contributed by atoms with van der Waals surface area (Å²) < 4.78 is 41.8. The van der Waals surface area contributed by atoms with Gasteiger partial charge in [0.05, 0.1) is 0 Å². The number of alkyl halides is 3. The van der Waals surface area contributed by atoms with E-state index in [0.717, 1.165) is 51.1 Å². The summed E-state index contributed by atoms with van der Waals surface area (Å²) in [4.78, 5) is 43.4. The molecule has 0 bridgehead atoms. The quantitative estimate of drug-likeness (QED) is 0.245. The highest BCUT2D eigenvalue weighted by molar-refractivity contribution is 6.46. The fraction of sp³-hybridized carbons (Fsp3) is 0.515. The number of aldehydes is 1. The Hall–Kier alpha value is -3.73. The van der Waals surface area contributed by atoms with Crippen LogP contribution in [0.4, 0.5) is 13.2 Å². The molecule has 1 heterocycles. The Balaban J connectivity index is 0.00000162. The van der Waals surface area contributed by atoms with Crippen molar-refractivity contribution in [3.8, 4) is 5.75 Å². The van der Waals surface area contributed by atoms with Gasteiger partial charge in [-0.05, 0) is 62.9 Å². The molecule has 1 aliphatic heterocycles. The van der Waals surface area contributed by atoms with Crippen LogP contribution < -0.4 is 10.1 Å². The summed E-state index contributed by atoms with van der Waals surface area (Å²) in [5.41, 5.74) is 1.49. The second kappa shape index (κ2) is 17.5. The highest BCUT2D eigenvalue weighted by Crippen LogP contribution is 2.41. The second-order valence-corrected chi connectivity index (χ2v) is 10.4. The van der Waals surface area contributed by atoms with Gasteiger partial charge < -0.3 is 24.9 Å². The Morgan fingerprint density at radius 1 is 1.14 bits per heavy atom. The first-order valence-corrected chi connectivity index (χ1v) is 15.1. The Morgan fingerprint density at radius 3 is 2.41 bits per heavy atom. The minimum Gasteiger partial charge on any atom is -0.406 e. The molecular weight excluding hydrogens is 575 g/mol. The second-order valence-electron chi connectivity index (χ2n) is 10.4. The number of allylic oxidation sites excluding steroid dienone is 3. The molecule has 1 unspecified atom stereocenters. The predicted molar refractivity (Wildman–Crippen MR) is 164 cm³/mol. The van der Waals surface area contributed by atoms with Crippen molar-refractivity contribution in [2.45, 2.75) is 84.2 Å². The topological polar surface area (TPSA) is 108 Å². The van der Waals surface area contributed by atoms with Crippen LogP contribution in [0.2, 0.25) is 0 Å². The summed E-state index contributed by atoms with van der Waals surface area (Å²) in [6, 6.07) is 5.27. The summed E-state index contributed by atoms with van der Waals surface area (Å²) in [5.74, 6) is -0.666. The van der Waals surface area contributed by atoms with Crippen LogP contribution in [0.1, 0.15) is 77.7 Å². The molecule has 2 N–H and O–H groups in total. The van der Waals surface area contributed by atoms with Gasteiger partial charge in [0.1, 0.15) is 23.4 Å². The number of hydrogen-bond acceptors (Lipinski definition) is 6. The zero-order valence-corrected chi connectivity index (χ0v) is 26.0. The highest BCUT2D eigenvalue weighted by atomic mass is 19.4. The molecule has 8 nitrogen and oxygen atoms in total. The van der Waals surface area contributed by atoms with Crippen molar-refractivity contribution < 1.29 is 37.4 Å². The molecule has 1 aromatic carbocycles. The Morgan fingerprint density at radius 2 is 1.80 bits per heavy atom. The fourth-order valence-electron chi connectivity index (χ4n) is 5.57. The Labute approximate surface area is 257 Å². The maximum atomic E-state index is 13.7. The van der Waals surface area contributed by atoms with Gasteiger partial charge in [-0.25, -0.2) is 0 Å². The number of carbonyl (C=O) groups excluding carboxylic acids is 3. The third kappa shape index (κ3) is 9.90. The number of amides is 2. The van der Waals surface area contributed by atoms with Crippen LogP contribution in [0, 0.1) is 5.92 Å². The van der Waals surface area contributed by atoms with Gasteiger partial charge >= 0.3 is 6.36 Å². The molecule has 44 heavy (non-hydrogen) atoms. The number of benzene rings is 1. The highest BCUT2D eigenvalue weighted by Gasteiger charge is 2.48. The lowest BCUT2D eigenvalue weighted by Crippen LogP contribution is -2.50. The smallest absolute Gasteiger partial charge is 0.406 e. The van der Waals surface area contributed by atoms with Gasteiger partial charge in [-0.15, -0.1) is 13.2 Å². The summed E-state index contributed by atoms with van der Waals surface area (Å²) in [7, 11) is 1.00. The van der Waals surface area contributed by atoms with E-state index in [0.29, 0.717) is 30.5 Å². The molecule has 0 radical (unpaired) electrons. The van der Waals surface area contributed by atoms with Crippen LogP contribution in [0.15, 0.2) is 64.7 Å². The molecule has 0 spiro atoms. The van der Waals surface area contributed by atoms with E-state index in [1.165, 1.54) is 24.3 Å². The number of nitrogens with zero attached hydrogens (tertiary/aromatic N) is 2. The van der Waals surface area contributed by atoms with Crippen LogP contribution in [-0.4, -0.2) is 66.0 Å². The van der Waals surface area contributed by atoms with Gasteiger partial charge in [0.2, 0.25) is 0 Å². The standard InChI is InChI=1S/C30H34F3N3O4.C2H6.CH4O/c1-29(24-9-3-2-4-10-24)35-26(22-13-15-25(16-14-22)40-30(31,32)33)28(39)36(29)19-17-21-7-5-8-23(12-11-21)27(38)34-18-6-20-37;2*1-2/h5,8,11-16,20,24H,2-4,6-7,9-10,17-19H2,1H3,(H,34,38);1-2H3;2H,1H3. The number of aliphatic imine (C=N–C) groups is 1. The molecule has 242 valence electrons. The van der Waals surface area contributed by atoms with Crippen molar-refractivity contribution in [3.05, 3.63) is 65.3 Å². The number of halogens is 3. The molecule has 2 amide bonds. The first-order chi connectivity index (χ1) is 21.1. The van der Waals surface area contributed by atoms with E-state index in [1.807, 2.05) is 37.8 Å². The third-order valence-corrected chi connectivity index (χ3v) is 7.71. The van der Waals surface area contributed by atoms with Crippen molar-refractivity contribution >= 4 is 23.8 Å². The number of carbonyl (C=O) groups is 3. The number of aliphatic hydroxyl groups is 1. The number of nitrogens with one attached hydrogen (secondary N) is 1. The molecule has 4 rings (SSSR count). The number of hydrogen-bond donors (Lipinski definition) is 2. The molecule has 0 saturated heterocycles. The van der Waals surface area contributed by atoms with Crippen LogP contribution in [0.25, 0.3) is 0 Å². The summed E-state index contributed by atoms with van der Waals surface area (Å²) in [6.45, 7) is 6.68. The van der Waals surface area contributed by atoms with E-state index in [4.69, 9.17) is 10.1 Å².